The van der Waals surface area contributed by atoms with Crippen molar-refractivity contribution < 1.29 is 0 Å². The van der Waals surface area contributed by atoms with Crippen molar-refractivity contribution in [1.29, 1.82) is 0 Å². The fourth-order valence-electron chi connectivity index (χ4n) is 1.31. The monoisotopic (exact) mass is 222 g/mol. The molecule has 5 heteroatoms. The van der Waals surface area contributed by atoms with Crippen molar-refractivity contribution in [2.75, 3.05) is 11.1 Å². The van der Waals surface area contributed by atoms with Crippen molar-refractivity contribution in [2.24, 2.45) is 0 Å². The Balaban J connectivity index is 2.25. The predicted octanol–water partition coefficient (Wildman–Crippen LogP) is 2.70. The number of hydrogen-bond acceptors (Lipinski definition) is 3. The average molecular weight is 223 g/mol. The van der Waals surface area contributed by atoms with E-state index in [0.717, 1.165) is 11.5 Å². The topological polar surface area (TPSA) is 66.7 Å². The highest BCUT2D eigenvalue weighted by molar-refractivity contribution is 6.30. The molecule has 78 valence electrons. The van der Waals surface area contributed by atoms with Crippen molar-refractivity contribution in [1.82, 2.24) is 9.97 Å². The van der Waals surface area contributed by atoms with E-state index in [-0.39, 0.29) is 0 Å². The maximum atomic E-state index is 5.86. The highest BCUT2D eigenvalue weighted by Gasteiger charge is 2.04. The van der Waals surface area contributed by atoms with Gasteiger partial charge in [0.05, 0.1) is 0 Å². The summed E-state index contributed by atoms with van der Waals surface area (Å²) in [5.74, 6) is 1.92. The Kier molecular flexibility index (Phi) is 2.51. The standard InChI is InChI=1S/C10H11ClN4/c1-6-13-9(12)10(14-6)15-8-4-2-3-7(11)5-8/h2-5,15H,12H2,1H3,(H,13,14). The number of nitrogens with two attached hydrogens (primary N) is 1. The minimum Gasteiger partial charge on any atom is -0.382 e. The summed E-state index contributed by atoms with van der Waals surface area (Å²) in [5, 5.41) is 3.75. The van der Waals surface area contributed by atoms with E-state index in [1.54, 1.807) is 0 Å². The summed E-state index contributed by atoms with van der Waals surface area (Å²) in [6.07, 6.45) is 0. The molecule has 0 atom stereocenters. The zero-order valence-corrected chi connectivity index (χ0v) is 8.97. The molecule has 2 aromatic rings. The molecule has 0 aliphatic heterocycles. The third-order valence-corrected chi connectivity index (χ3v) is 2.17. The van der Waals surface area contributed by atoms with Crippen LogP contribution in [0.25, 0.3) is 0 Å². The lowest BCUT2D eigenvalue weighted by atomic mass is 10.3. The number of aromatic amines is 1. The van der Waals surface area contributed by atoms with Gasteiger partial charge in [-0.05, 0) is 25.1 Å². The van der Waals surface area contributed by atoms with Crippen LogP contribution in [-0.4, -0.2) is 9.97 Å². The Bertz CT molecular complexity index is 478. The van der Waals surface area contributed by atoms with Crippen LogP contribution in [0, 0.1) is 6.92 Å². The SMILES string of the molecule is Cc1nc(Nc2cccc(Cl)c2)c(N)[nH]1. The molecule has 1 aromatic carbocycles. The number of rotatable bonds is 2. The van der Waals surface area contributed by atoms with E-state index in [0.29, 0.717) is 16.7 Å². The molecule has 0 aliphatic carbocycles. The Hall–Kier alpha value is -1.68. The minimum atomic E-state index is 0.521. The Morgan fingerprint density at radius 1 is 1.47 bits per heavy atom. The van der Waals surface area contributed by atoms with Gasteiger partial charge in [-0.1, -0.05) is 17.7 Å². The molecule has 4 N–H and O–H groups in total. The van der Waals surface area contributed by atoms with Crippen LogP contribution in [0.3, 0.4) is 0 Å². The zero-order chi connectivity index (χ0) is 10.8. The molecule has 0 radical (unpaired) electrons. The lowest BCUT2D eigenvalue weighted by molar-refractivity contribution is 1.15. The second-order valence-corrected chi connectivity index (χ2v) is 3.66. The first kappa shape index (κ1) is 9.86. The summed E-state index contributed by atoms with van der Waals surface area (Å²) in [5.41, 5.74) is 6.58. The second-order valence-electron chi connectivity index (χ2n) is 3.22. The van der Waals surface area contributed by atoms with Crippen molar-refractivity contribution in [3.05, 3.63) is 35.1 Å². The minimum absolute atomic E-state index is 0.521. The van der Waals surface area contributed by atoms with E-state index in [2.05, 4.69) is 15.3 Å². The number of H-pyrrole nitrogens is 1. The fourth-order valence-corrected chi connectivity index (χ4v) is 1.50. The number of aryl methyl sites for hydroxylation is 1. The van der Waals surface area contributed by atoms with E-state index >= 15 is 0 Å². The summed E-state index contributed by atoms with van der Waals surface area (Å²) >= 11 is 5.86. The third-order valence-electron chi connectivity index (χ3n) is 1.94. The molecule has 0 unspecified atom stereocenters. The number of benzene rings is 1. The summed E-state index contributed by atoms with van der Waals surface area (Å²) in [7, 11) is 0. The smallest absolute Gasteiger partial charge is 0.173 e. The first-order valence-corrected chi connectivity index (χ1v) is 4.87. The van der Waals surface area contributed by atoms with Gasteiger partial charge in [0, 0.05) is 10.7 Å². The van der Waals surface area contributed by atoms with Gasteiger partial charge in [-0.15, -0.1) is 0 Å². The molecule has 0 spiro atoms. The van der Waals surface area contributed by atoms with Crippen LogP contribution in [0.2, 0.25) is 5.02 Å². The zero-order valence-electron chi connectivity index (χ0n) is 8.21. The molecule has 2 rings (SSSR count). The van der Waals surface area contributed by atoms with Gasteiger partial charge in [-0.3, -0.25) is 0 Å². The maximum Gasteiger partial charge on any atom is 0.173 e. The molecule has 4 nitrogen and oxygen atoms in total. The fraction of sp³-hybridized carbons (Fsp3) is 0.100. The molecule has 0 saturated carbocycles. The molecule has 0 fully saturated rings. The molecule has 0 amide bonds. The Morgan fingerprint density at radius 2 is 2.27 bits per heavy atom. The second kappa shape index (κ2) is 3.82. The van der Waals surface area contributed by atoms with Crippen LogP contribution in [0.4, 0.5) is 17.3 Å². The average Bonchev–Trinajstić information content (AvgIpc) is 2.45. The number of nitrogens with one attached hydrogen (secondary N) is 2. The van der Waals surface area contributed by atoms with Crippen LogP contribution < -0.4 is 11.1 Å². The van der Waals surface area contributed by atoms with Crippen LogP contribution in [0.1, 0.15) is 5.82 Å². The lowest BCUT2D eigenvalue weighted by Crippen LogP contribution is -1.95. The van der Waals surface area contributed by atoms with Gasteiger partial charge in [0.25, 0.3) is 0 Å². The molecule has 0 bridgehead atoms. The van der Waals surface area contributed by atoms with Gasteiger partial charge >= 0.3 is 0 Å². The van der Waals surface area contributed by atoms with Crippen molar-refractivity contribution >= 4 is 28.9 Å². The van der Waals surface area contributed by atoms with E-state index in [1.165, 1.54) is 0 Å². The number of hydrogen-bond donors (Lipinski definition) is 3. The number of nitrogen functional groups attached to an aromatic ring is 1. The number of anilines is 3. The van der Waals surface area contributed by atoms with Crippen molar-refractivity contribution in [3.8, 4) is 0 Å². The molecular formula is C10H11ClN4. The molecule has 0 aliphatic rings. The molecule has 0 saturated heterocycles. The maximum absolute atomic E-state index is 5.86. The van der Waals surface area contributed by atoms with E-state index < -0.39 is 0 Å². The Morgan fingerprint density at radius 3 is 2.87 bits per heavy atom. The van der Waals surface area contributed by atoms with Crippen LogP contribution >= 0.6 is 11.6 Å². The van der Waals surface area contributed by atoms with Gasteiger partial charge < -0.3 is 16.0 Å². The van der Waals surface area contributed by atoms with Crippen molar-refractivity contribution in [2.45, 2.75) is 6.92 Å². The quantitative estimate of drug-likeness (QED) is 0.732. The predicted molar refractivity (Wildman–Crippen MR) is 62.5 cm³/mol. The van der Waals surface area contributed by atoms with E-state index in [9.17, 15) is 0 Å². The van der Waals surface area contributed by atoms with Gasteiger partial charge in [-0.2, -0.15) is 0 Å². The molecule has 1 aromatic heterocycles. The summed E-state index contributed by atoms with van der Waals surface area (Å²) in [4.78, 5) is 7.11. The highest BCUT2D eigenvalue weighted by Crippen LogP contribution is 2.22. The van der Waals surface area contributed by atoms with Gasteiger partial charge in [0.15, 0.2) is 5.82 Å². The van der Waals surface area contributed by atoms with Gasteiger partial charge in [0.1, 0.15) is 11.6 Å². The summed E-state index contributed by atoms with van der Waals surface area (Å²) in [6, 6.07) is 7.38. The summed E-state index contributed by atoms with van der Waals surface area (Å²) in [6.45, 7) is 1.85. The molecule has 1 heterocycles. The third kappa shape index (κ3) is 2.22. The largest absolute Gasteiger partial charge is 0.382 e. The van der Waals surface area contributed by atoms with E-state index in [1.807, 2.05) is 31.2 Å². The first-order chi connectivity index (χ1) is 7.15. The first-order valence-electron chi connectivity index (χ1n) is 4.50. The van der Waals surface area contributed by atoms with E-state index in [4.69, 9.17) is 17.3 Å². The van der Waals surface area contributed by atoms with Crippen LogP contribution in [0.15, 0.2) is 24.3 Å². The molecule has 15 heavy (non-hydrogen) atoms. The van der Waals surface area contributed by atoms with Crippen LogP contribution in [0.5, 0.6) is 0 Å². The Labute approximate surface area is 92.5 Å². The van der Waals surface area contributed by atoms with Gasteiger partial charge in [0.2, 0.25) is 0 Å². The number of nitrogens with zero attached hydrogens (tertiary/aromatic N) is 1. The number of aromatic nitrogens is 2. The van der Waals surface area contributed by atoms with Crippen molar-refractivity contribution in [3.63, 3.8) is 0 Å². The lowest BCUT2D eigenvalue weighted by Gasteiger charge is -2.03. The van der Waals surface area contributed by atoms with Crippen LogP contribution in [-0.2, 0) is 0 Å². The highest BCUT2D eigenvalue weighted by atomic mass is 35.5. The number of imidazole rings is 1. The van der Waals surface area contributed by atoms with Gasteiger partial charge in [-0.25, -0.2) is 4.98 Å². The summed E-state index contributed by atoms with van der Waals surface area (Å²) < 4.78 is 0. The number of halogens is 1. The molecular weight excluding hydrogens is 212 g/mol. The normalized spacial score (nSPS) is 10.3.